The van der Waals surface area contributed by atoms with Crippen molar-refractivity contribution in [1.29, 1.82) is 0 Å². The number of pyridine rings is 1. The van der Waals surface area contributed by atoms with E-state index in [2.05, 4.69) is 0 Å². The molecule has 0 unspecified atom stereocenters. The topological polar surface area (TPSA) is 42.2 Å². The zero-order chi connectivity index (χ0) is 12.5. The molecule has 0 aliphatic carbocycles. The maximum atomic E-state index is 12.4. The summed E-state index contributed by atoms with van der Waals surface area (Å²) in [6, 6.07) is 15.0. The van der Waals surface area contributed by atoms with Crippen LogP contribution in [0.1, 0.15) is 0 Å². The number of fused-ring (bicyclic) bond motifs is 2. The first-order chi connectivity index (χ1) is 8.83. The number of para-hydroxylation sites is 2. The monoisotopic (exact) mass is 239 g/mol. The van der Waals surface area contributed by atoms with Gasteiger partial charge in [0.1, 0.15) is 0 Å². The Kier molecular flexibility index (Phi) is 2.61. The molecule has 90 valence electrons. The highest BCUT2D eigenvalue weighted by Crippen LogP contribution is 2.18. The molecule has 3 rings (SSSR count). The minimum Gasteiger partial charge on any atom is -0.395 e. The van der Waals surface area contributed by atoms with Crippen LogP contribution in [0.4, 0.5) is 0 Å². The second kappa shape index (κ2) is 4.27. The number of aromatic nitrogens is 1. The molecule has 0 fully saturated rings. The van der Waals surface area contributed by atoms with Crippen molar-refractivity contribution >= 4 is 21.8 Å². The minimum atomic E-state index is 0.0513. The summed E-state index contributed by atoms with van der Waals surface area (Å²) in [5, 5.41) is 10.6. The fourth-order valence-electron chi connectivity index (χ4n) is 2.42. The predicted molar refractivity (Wildman–Crippen MR) is 72.8 cm³/mol. The van der Waals surface area contributed by atoms with E-state index < -0.39 is 0 Å². The molecule has 0 spiro atoms. The minimum absolute atomic E-state index is 0.0513. The summed E-state index contributed by atoms with van der Waals surface area (Å²) in [7, 11) is 0. The Balaban J connectivity index is 2.58. The lowest BCUT2D eigenvalue weighted by Crippen LogP contribution is -2.12. The first-order valence-corrected chi connectivity index (χ1v) is 5.94. The highest BCUT2D eigenvalue weighted by Gasteiger charge is 2.08. The fourth-order valence-corrected chi connectivity index (χ4v) is 2.42. The van der Waals surface area contributed by atoms with Crippen molar-refractivity contribution in [2.75, 3.05) is 6.61 Å². The van der Waals surface area contributed by atoms with E-state index in [-0.39, 0.29) is 12.0 Å². The van der Waals surface area contributed by atoms with Crippen molar-refractivity contribution < 1.29 is 5.11 Å². The van der Waals surface area contributed by atoms with Gasteiger partial charge in [-0.25, -0.2) is 0 Å². The van der Waals surface area contributed by atoms with Crippen LogP contribution in [0.25, 0.3) is 21.8 Å². The number of rotatable bonds is 2. The molecule has 1 N–H and O–H groups in total. The lowest BCUT2D eigenvalue weighted by Gasteiger charge is -2.13. The number of aliphatic hydroxyl groups is 1. The molecular formula is C15H13NO2. The van der Waals surface area contributed by atoms with Crippen LogP contribution in [0.3, 0.4) is 0 Å². The molecule has 0 aliphatic rings. The molecule has 0 bridgehead atoms. The number of hydrogen-bond donors (Lipinski definition) is 1. The van der Waals surface area contributed by atoms with Crippen LogP contribution >= 0.6 is 0 Å². The van der Waals surface area contributed by atoms with Gasteiger partial charge >= 0.3 is 0 Å². The summed E-state index contributed by atoms with van der Waals surface area (Å²) in [6.45, 7) is 0.540. The van der Waals surface area contributed by atoms with Gasteiger partial charge in [0.15, 0.2) is 5.43 Å². The third kappa shape index (κ3) is 1.52. The zero-order valence-corrected chi connectivity index (χ0v) is 9.84. The summed E-state index contributed by atoms with van der Waals surface area (Å²) in [4.78, 5) is 12.4. The van der Waals surface area contributed by atoms with E-state index in [1.54, 1.807) is 0 Å². The number of benzene rings is 2. The summed E-state index contributed by atoms with van der Waals surface area (Å²) in [5.74, 6) is 0. The van der Waals surface area contributed by atoms with Crippen molar-refractivity contribution in [2.24, 2.45) is 0 Å². The SMILES string of the molecule is O=c1c2ccccc2n(CCO)c2ccccc12. The number of hydrogen-bond acceptors (Lipinski definition) is 2. The normalized spacial score (nSPS) is 11.2. The third-order valence-corrected chi connectivity index (χ3v) is 3.20. The molecule has 1 aromatic heterocycles. The third-order valence-electron chi connectivity index (χ3n) is 3.20. The number of aliphatic hydroxyl groups excluding tert-OH is 1. The fraction of sp³-hybridized carbons (Fsp3) is 0.133. The van der Waals surface area contributed by atoms with Crippen molar-refractivity contribution in [3.63, 3.8) is 0 Å². The molecule has 0 saturated heterocycles. The average molecular weight is 239 g/mol. The first kappa shape index (κ1) is 11.0. The highest BCUT2D eigenvalue weighted by atomic mass is 16.3. The van der Waals surface area contributed by atoms with Gasteiger partial charge in [-0.15, -0.1) is 0 Å². The van der Waals surface area contributed by atoms with Crippen LogP contribution in [0.5, 0.6) is 0 Å². The standard InChI is InChI=1S/C15H13NO2/c17-10-9-16-13-7-3-1-5-11(13)15(18)12-6-2-4-8-14(12)16/h1-8,17H,9-10H2. The van der Waals surface area contributed by atoms with Crippen molar-refractivity contribution in [3.8, 4) is 0 Å². The molecular weight excluding hydrogens is 226 g/mol. The summed E-state index contributed by atoms with van der Waals surface area (Å²) >= 11 is 0. The highest BCUT2D eigenvalue weighted by molar-refractivity contribution is 5.93. The first-order valence-electron chi connectivity index (χ1n) is 5.94. The molecule has 3 aromatic rings. The van der Waals surface area contributed by atoms with Gasteiger partial charge in [-0.2, -0.15) is 0 Å². The molecule has 18 heavy (non-hydrogen) atoms. The molecule has 0 amide bonds. The predicted octanol–water partition coefficient (Wildman–Crippen LogP) is 2.15. The molecule has 2 aromatic carbocycles. The Hall–Kier alpha value is -2.13. The molecule has 0 atom stereocenters. The Morgan fingerprint density at radius 2 is 1.39 bits per heavy atom. The van der Waals surface area contributed by atoms with Gasteiger partial charge < -0.3 is 9.67 Å². The molecule has 1 heterocycles. The van der Waals surface area contributed by atoms with Crippen molar-refractivity contribution in [1.82, 2.24) is 4.57 Å². The van der Waals surface area contributed by atoms with Gasteiger partial charge in [-0.3, -0.25) is 4.79 Å². The maximum Gasteiger partial charge on any atom is 0.197 e. The second-order valence-electron chi connectivity index (χ2n) is 4.24. The Bertz CT molecular complexity index is 714. The van der Waals surface area contributed by atoms with Gasteiger partial charge in [0, 0.05) is 17.3 Å². The molecule has 0 saturated carbocycles. The van der Waals surface area contributed by atoms with E-state index in [1.165, 1.54) is 0 Å². The smallest absolute Gasteiger partial charge is 0.197 e. The van der Waals surface area contributed by atoms with Crippen molar-refractivity contribution in [3.05, 3.63) is 58.8 Å². The van der Waals surface area contributed by atoms with Gasteiger partial charge in [0.2, 0.25) is 0 Å². The van der Waals surface area contributed by atoms with Crippen LogP contribution in [-0.4, -0.2) is 16.3 Å². The van der Waals surface area contributed by atoms with E-state index in [0.29, 0.717) is 17.3 Å². The molecule has 3 nitrogen and oxygen atoms in total. The van der Waals surface area contributed by atoms with E-state index in [0.717, 1.165) is 11.0 Å². The van der Waals surface area contributed by atoms with Crippen molar-refractivity contribution in [2.45, 2.75) is 6.54 Å². The van der Waals surface area contributed by atoms with Crippen LogP contribution in [0.2, 0.25) is 0 Å². The van der Waals surface area contributed by atoms with Crippen LogP contribution in [0.15, 0.2) is 53.3 Å². The van der Waals surface area contributed by atoms with E-state index in [4.69, 9.17) is 0 Å². The zero-order valence-electron chi connectivity index (χ0n) is 9.84. The molecule has 0 radical (unpaired) electrons. The van der Waals surface area contributed by atoms with Gasteiger partial charge in [0.05, 0.1) is 17.6 Å². The molecule has 0 aliphatic heterocycles. The van der Waals surface area contributed by atoms with Gasteiger partial charge in [-0.1, -0.05) is 24.3 Å². The van der Waals surface area contributed by atoms with E-state index >= 15 is 0 Å². The number of nitrogens with zero attached hydrogens (tertiary/aromatic N) is 1. The van der Waals surface area contributed by atoms with Crippen LogP contribution in [-0.2, 0) is 6.54 Å². The Morgan fingerprint density at radius 3 is 1.89 bits per heavy atom. The van der Waals surface area contributed by atoms with E-state index in [9.17, 15) is 9.90 Å². The summed E-state index contributed by atoms with van der Waals surface area (Å²) in [5.41, 5.74) is 1.79. The largest absolute Gasteiger partial charge is 0.395 e. The van der Waals surface area contributed by atoms with E-state index in [1.807, 2.05) is 53.1 Å². The van der Waals surface area contributed by atoms with Gasteiger partial charge in [-0.05, 0) is 24.3 Å². The van der Waals surface area contributed by atoms with Crippen LogP contribution < -0.4 is 5.43 Å². The molecule has 3 heteroatoms. The second-order valence-corrected chi connectivity index (χ2v) is 4.24. The Labute approximate surface area is 104 Å². The maximum absolute atomic E-state index is 12.4. The lowest BCUT2D eigenvalue weighted by atomic mass is 10.1. The average Bonchev–Trinajstić information content (AvgIpc) is 2.43. The van der Waals surface area contributed by atoms with Gasteiger partial charge in [0.25, 0.3) is 0 Å². The Morgan fingerprint density at radius 1 is 0.889 bits per heavy atom. The quantitative estimate of drug-likeness (QED) is 0.696. The van der Waals surface area contributed by atoms with Crippen LogP contribution in [0, 0.1) is 0 Å². The summed E-state index contributed by atoms with van der Waals surface area (Å²) in [6.07, 6.45) is 0. The lowest BCUT2D eigenvalue weighted by molar-refractivity contribution is 0.279. The summed E-state index contributed by atoms with van der Waals surface area (Å²) < 4.78 is 1.99.